The topological polar surface area (TPSA) is 48.1 Å². The first kappa shape index (κ1) is 12.0. The Kier molecular flexibility index (Phi) is 3.41. The minimum atomic E-state index is 0.319. The Hall–Kier alpha value is -1.45. The number of pyridine rings is 1. The Balaban J connectivity index is 2.34. The van der Waals surface area contributed by atoms with Crippen LogP contribution in [0.4, 0.5) is 5.69 Å². The summed E-state index contributed by atoms with van der Waals surface area (Å²) < 4.78 is 5.52. The van der Waals surface area contributed by atoms with Gasteiger partial charge in [0, 0.05) is 17.3 Å². The van der Waals surface area contributed by atoms with Crippen LogP contribution < -0.4 is 10.5 Å². The molecule has 1 aromatic heterocycles. The van der Waals surface area contributed by atoms with Crippen LogP contribution in [0.1, 0.15) is 5.56 Å². The lowest BCUT2D eigenvalue weighted by molar-refractivity contribution is 0.465. The van der Waals surface area contributed by atoms with E-state index in [2.05, 4.69) is 4.98 Å². The standard InChI is InChI=1S/C12H10Cl2N2O/c1-7-4-10(15)12(16-6-7)17-11-5-8(13)2-3-9(11)14/h2-6H,15H2,1H3. The van der Waals surface area contributed by atoms with Crippen LogP contribution in [0, 0.1) is 6.92 Å². The second-order valence-corrected chi connectivity index (χ2v) is 4.43. The maximum absolute atomic E-state index is 5.98. The van der Waals surface area contributed by atoms with Crippen LogP contribution in [0.3, 0.4) is 0 Å². The van der Waals surface area contributed by atoms with E-state index < -0.39 is 0 Å². The maximum atomic E-state index is 5.98. The SMILES string of the molecule is Cc1cnc(Oc2cc(Cl)ccc2Cl)c(N)c1. The molecule has 0 fully saturated rings. The molecule has 0 amide bonds. The van der Waals surface area contributed by atoms with Crippen LogP contribution in [0.25, 0.3) is 0 Å². The molecule has 3 nitrogen and oxygen atoms in total. The van der Waals surface area contributed by atoms with E-state index in [1.807, 2.05) is 6.92 Å². The summed E-state index contributed by atoms with van der Waals surface area (Å²) in [6.07, 6.45) is 1.67. The molecule has 0 aliphatic rings. The van der Waals surface area contributed by atoms with Gasteiger partial charge in [0.15, 0.2) is 0 Å². The number of aromatic nitrogens is 1. The maximum Gasteiger partial charge on any atom is 0.242 e. The number of anilines is 1. The molecule has 0 spiro atoms. The molecule has 0 saturated carbocycles. The minimum absolute atomic E-state index is 0.319. The van der Waals surface area contributed by atoms with Crippen molar-refractivity contribution in [2.75, 3.05) is 5.73 Å². The van der Waals surface area contributed by atoms with Crippen molar-refractivity contribution in [2.24, 2.45) is 0 Å². The lowest BCUT2D eigenvalue weighted by Crippen LogP contribution is -1.96. The molecular weight excluding hydrogens is 259 g/mol. The van der Waals surface area contributed by atoms with Gasteiger partial charge < -0.3 is 10.5 Å². The van der Waals surface area contributed by atoms with Gasteiger partial charge in [0.25, 0.3) is 0 Å². The van der Waals surface area contributed by atoms with E-state index in [-0.39, 0.29) is 0 Å². The van der Waals surface area contributed by atoms with E-state index in [4.69, 9.17) is 33.7 Å². The first-order chi connectivity index (χ1) is 8.06. The Morgan fingerprint density at radius 2 is 2.00 bits per heavy atom. The van der Waals surface area contributed by atoms with Crippen LogP contribution in [0.2, 0.25) is 10.0 Å². The van der Waals surface area contributed by atoms with E-state index in [1.54, 1.807) is 30.5 Å². The van der Waals surface area contributed by atoms with Crippen molar-refractivity contribution in [2.45, 2.75) is 6.92 Å². The van der Waals surface area contributed by atoms with Gasteiger partial charge in [0.1, 0.15) is 5.75 Å². The first-order valence-electron chi connectivity index (χ1n) is 4.91. The van der Waals surface area contributed by atoms with Gasteiger partial charge in [0.2, 0.25) is 5.88 Å². The van der Waals surface area contributed by atoms with E-state index >= 15 is 0 Å². The fourth-order valence-electron chi connectivity index (χ4n) is 1.32. The van der Waals surface area contributed by atoms with Gasteiger partial charge >= 0.3 is 0 Å². The number of ether oxygens (including phenoxy) is 1. The average molecular weight is 269 g/mol. The summed E-state index contributed by atoms with van der Waals surface area (Å²) >= 11 is 11.8. The van der Waals surface area contributed by atoms with Crippen molar-refractivity contribution in [3.8, 4) is 11.6 Å². The number of nitrogen functional groups attached to an aromatic ring is 1. The van der Waals surface area contributed by atoms with E-state index in [9.17, 15) is 0 Å². The summed E-state index contributed by atoms with van der Waals surface area (Å²) in [5, 5.41) is 0.992. The molecule has 1 heterocycles. The zero-order valence-electron chi connectivity index (χ0n) is 9.08. The van der Waals surface area contributed by atoms with Gasteiger partial charge in [0.05, 0.1) is 10.7 Å². The number of hydrogen-bond acceptors (Lipinski definition) is 3. The summed E-state index contributed by atoms with van der Waals surface area (Å²) in [4.78, 5) is 4.09. The summed E-state index contributed by atoms with van der Waals surface area (Å²) in [5.74, 6) is 0.752. The highest BCUT2D eigenvalue weighted by Gasteiger charge is 2.08. The predicted molar refractivity (Wildman–Crippen MR) is 69.9 cm³/mol. The van der Waals surface area contributed by atoms with E-state index in [0.717, 1.165) is 5.56 Å². The quantitative estimate of drug-likeness (QED) is 0.893. The summed E-state index contributed by atoms with van der Waals surface area (Å²) in [7, 11) is 0. The Bertz CT molecular complexity index is 558. The molecule has 0 radical (unpaired) electrons. The number of rotatable bonds is 2. The monoisotopic (exact) mass is 268 g/mol. The zero-order valence-corrected chi connectivity index (χ0v) is 10.6. The summed E-state index contributed by atoms with van der Waals surface area (Å²) in [6.45, 7) is 1.90. The van der Waals surface area contributed by atoms with Gasteiger partial charge in [-0.05, 0) is 30.7 Å². The van der Waals surface area contributed by atoms with E-state index in [1.165, 1.54) is 0 Å². The van der Waals surface area contributed by atoms with Crippen molar-refractivity contribution in [3.63, 3.8) is 0 Å². The highest BCUT2D eigenvalue weighted by atomic mass is 35.5. The van der Waals surface area contributed by atoms with Crippen LogP contribution >= 0.6 is 23.2 Å². The van der Waals surface area contributed by atoms with Gasteiger partial charge in [-0.3, -0.25) is 0 Å². The molecule has 0 atom stereocenters. The largest absolute Gasteiger partial charge is 0.435 e. The molecule has 5 heteroatoms. The molecule has 0 unspecified atom stereocenters. The zero-order chi connectivity index (χ0) is 12.4. The normalized spacial score (nSPS) is 10.3. The van der Waals surface area contributed by atoms with Crippen LogP contribution in [0.5, 0.6) is 11.6 Å². The molecule has 0 aliphatic carbocycles. The highest BCUT2D eigenvalue weighted by Crippen LogP contribution is 2.33. The average Bonchev–Trinajstić information content (AvgIpc) is 2.27. The molecule has 2 aromatic rings. The summed E-state index contributed by atoms with van der Waals surface area (Å²) in [5.41, 5.74) is 7.22. The molecule has 0 bridgehead atoms. The lowest BCUT2D eigenvalue weighted by Gasteiger charge is -2.09. The molecule has 2 N–H and O–H groups in total. The Labute approximate surface area is 109 Å². The van der Waals surface area contributed by atoms with Crippen LogP contribution in [-0.4, -0.2) is 4.98 Å². The molecular formula is C12H10Cl2N2O. The highest BCUT2D eigenvalue weighted by molar-refractivity contribution is 6.34. The number of halogens is 2. The van der Waals surface area contributed by atoms with Crippen molar-refractivity contribution in [1.29, 1.82) is 0 Å². The van der Waals surface area contributed by atoms with Gasteiger partial charge in [-0.15, -0.1) is 0 Å². The van der Waals surface area contributed by atoms with Crippen molar-refractivity contribution < 1.29 is 4.74 Å². The first-order valence-corrected chi connectivity index (χ1v) is 5.67. The molecule has 17 heavy (non-hydrogen) atoms. The lowest BCUT2D eigenvalue weighted by atomic mass is 10.3. The van der Waals surface area contributed by atoms with Crippen molar-refractivity contribution >= 4 is 28.9 Å². The van der Waals surface area contributed by atoms with E-state index in [0.29, 0.717) is 27.4 Å². The fourth-order valence-corrected chi connectivity index (χ4v) is 1.64. The number of hydrogen-bond donors (Lipinski definition) is 1. The second kappa shape index (κ2) is 4.82. The molecule has 2 rings (SSSR count). The number of aryl methyl sites for hydroxylation is 1. The Morgan fingerprint density at radius 1 is 1.24 bits per heavy atom. The number of nitrogens with zero attached hydrogens (tertiary/aromatic N) is 1. The van der Waals surface area contributed by atoms with Gasteiger partial charge in [-0.2, -0.15) is 0 Å². The Morgan fingerprint density at radius 3 is 2.71 bits per heavy atom. The molecule has 1 aromatic carbocycles. The summed E-state index contributed by atoms with van der Waals surface area (Å²) in [6, 6.07) is 6.73. The predicted octanol–water partition coefficient (Wildman–Crippen LogP) is 4.07. The minimum Gasteiger partial charge on any atom is -0.435 e. The van der Waals surface area contributed by atoms with Crippen LogP contribution in [-0.2, 0) is 0 Å². The molecule has 0 saturated heterocycles. The third kappa shape index (κ3) is 2.81. The third-order valence-electron chi connectivity index (χ3n) is 2.12. The third-order valence-corrected chi connectivity index (χ3v) is 2.66. The fraction of sp³-hybridized carbons (Fsp3) is 0.0833. The molecule has 88 valence electrons. The van der Waals surface area contributed by atoms with Crippen molar-refractivity contribution in [3.05, 3.63) is 46.1 Å². The smallest absolute Gasteiger partial charge is 0.242 e. The molecule has 0 aliphatic heterocycles. The van der Waals surface area contributed by atoms with Gasteiger partial charge in [-0.25, -0.2) is 4.98 Å². The number of benzene rings is 1. The number of nitrogens with two attached hydrogens (primary N) is 1. The second-order valence-electron chi connectivity index (χ2n) is 3.58. The van der Waals surface area contributed by atoms with Crippen molar-refractivity contribution in [1.82, 2.24) is 4.98 Å². The van der Waals surface area contributed by atoms with Gasteiger partial charge in [-0.1, -0.05) is 23.2 Å². The van der Waals surface area contributed by atoms with Crippen LogP contribution in [0.15, 0.2) is 30.5 Å².